The number of Topliss-reactive ketones (excluding diaryl/α,β-unsaturated/α-hetero) is 1. The maximum Gasteiger partial charge on any atom is 0.235 e. The molecule has 2 aromatic carbocycles. The molecule has 0 amide bonds. The van der Waals surface area contributed by atoms with Crippen molar-refractivity contribution in [3.63, 3.8) is 0 Å². The van der Waals surface area contributed by atoms with Gasteiger partial charge in [-0.15, -0.1) is 11.3 Å². The third-order valence-electron chi connectivity index (χ3n) is 4.18. The summed E-state index contributed by atoms with van der Waals surface area (Å²) in [5.74, 6) is 1.56. The lowest BCUT2D eigenvalue weighted by Crippen LogP contribution is -2.00. The first-order valence-electron chi connectivity index (χ1n) is 8.04. The highest BCUT2D eigenvalue weighted by atomic mass is 32.1. The molecule has 3 aromatic rings. The molecule has 0 radical (unpaired) electrons. The lowest BCUT2D eigenvalue weighted by atomic mass is 10.1. The van der Waals surface area contributed by atoms with Crippen LogP contribution in [0.5, 0.6) is 17.2 Å². The van der Waals surface area contributed by atoms with Crippen LogP contribution in [0.1, 0.15) is 15.9 Å². The average molecular weight is 364 g/mol. The second-order valence-electron chi connectivity index (χ2n) is 5.74. The van der Waals surface area contributed by atoms with E-state index < -0.39 is 0 Å². The summed E-state index contributed by atoms with van der Waals surface area (Å²) in [6, 6.07) is 15.5. The molecule has 4 rings (SSSR count). The highest BCUT2D eigenvalue weighted by Gasteiger charge is 2.32. The maximum absolute atomic E-state index is 12.7. The molecule has 2 heterocycles. The van der Waals surface area contributed by atoms with Crippen LogP contribution < -0.4 is 14.2 Å². The fourth-order valence-corrected chi connectivity index (χ4v) is 3.60. The Hall–Kier alpha value is -3.05. The molecule has 0 saturated carbocycles. The van der Waals surface area contributed by atoms with Gasteiger partial charge >= 0.3 is 0 Å². The molecule has 0 unspecified atom stereocenters. The second-order valence-corrected chi connectivity index (χ2v) is 6.69. The van der Waals surface area contributed by atoms with E-state index in [-0.39, 0.29) is 11.5 Å². The Morgan fingerprint density at radius 1 is 1.04 bits per heavy atom. The minimum Gasteiger partial charge on any atom is -0.496 e. The fraction of sp³-hybridized carbons (Fsp3) is 0.0952. The first-order valence-corrected chi connectivity index (χ1v) is 8.92. The first-order chi connectivity index (χ1) is 12.7. The maximum atomic E-state index is 12.7. The van der Waals surface area contributed by atoms with Crippen LogP contribution in [0.2, 0.25) is 0 Å². The van der Waals surface area contributed by atoms with Gasteiger partial charge < -0.3 is 14.2 Å². The summed E-state index contributed by atoms with van der Waals surface area (Å²) in [6.07, 6.45) is 1.74. The minimum atomic E-state index is -0.193. The van der Waals surface area contributed by atoms with Gasteiger partial charge in [-0.25, -0.2) is 0 Å². The predicted molar refractivity (Wildman–Crippen MR) is 102 cm³/mol. The Labute approximate surface area is 155 Å². The molecule has 1 aliphatic heterocycles. The molecule has 26 heavy (non-hydrogen) atoms. The number of rotatable bonds is 4. The third-order valence-corrected chi connectivity index (χ3v) is 5.10. The van der Waals surface area contributed by atoms with E-state index in [0.717, 1.165) is 11.1 Å². The molecular formula is C21H16O4S. The summed E-state index contributed by atoms with van der Waals surface area (Å²) in [6.45, 7) is 0. The highest BCUT2D eigenvalue weighted by molar-refractivity contribution is 7.13. The summed E-state index contributed by atoms with van der Waals surface area (Å²) in [5.41, 5.74) is 2.47. The standard InChI is InChI=1S/C21H16O4S/c1-23-15-11-16(24-2)20-17(12-15)25-18(21(20)22)10-13-5-7-14(8-6-13)19-4-3-9-26-19/h3-12H,1-2H3/b18-10-. The number of fused-ring (bicyclic) bond motifs is 1. The smallest absolute Gasteiger partial charge is 0.235 e. The molecule has 1 aromatic heterocycles. The van der Waals surface area contributed by atoms with E-state index >= 15 is 0 Å². The van der Waals surface area contributed by atoms with Crippen LogP contribution in [-0.2, 0) is 0 Å². The number of carbonyl (C=O) groups excluding carboxylic acids is 1. The lowest BCUT2D eigenvalue weighted by Gasteiger charge is -2.07. The molecule has 0 bridgehead atoms. The Morgan fingerprint density at radius 2 is 1.85 bits per heavy atom. The number of benzene rings is 2. The van der Waals surface area contributed by atoms with Crippen molar-refractivity contribution in [2.75, 3.05) is 14.2 Å². The number of hydrogen-bond acceptors (Lipinski definition) is 5. The molecule has 0 spiro atoms. The van der Waals surface area contributed by atoms with Gasteiger partial charge in [0, 0.05) is 17.0 Å². The van der Waals surface area contributed by atoms with Crippen LogP contribution in [0.25, 0.3) is 16.5 Å². The molecule has 130 valence electrons. The number of methoxy groups -OCH3 is 2. The van der Waals surface area contributed by atoms with Gasteiger partial charge in [-0.3, -0.25) is 4.79 Å². The van der Waals surface area contributed by atoms with E-state index in [2.05, 4.69) is 11.4 Å². The molecular weight excluding hydrogens is 348 g/mol. The molecule has 1 aliphatic rings. The van der Waals surface area contributed by atoms with Gasteiger partial charge in [-0.2, -0.15) is 0 Å². The third kappa shape index (κ3) is 2.86. The topological polar surface area (TPSA) is 44.8 Å². The highest BCUT2D eigenvalue weighted by Crippen LogP contribution is 2.41. The van der Waals surface area contributed by atoms with Crippen molar-refractivity contribution in [1.82, 2.24) is 0 Å². The number of thiophene rings is 1. The van der Waals surface area contributed by atoms with Crippen molar-refractivity contribution in [2.45, 2.75) is 0 Å². The van der Waals surface area contributed by atoms with Crippen molar-refractivity contribution in [2.24, 2.45) is 0 Å². The van der Waals surface area contributed by atoms with Gasteiger partial charge in [-0.1, -0.05) is 30.3 Å². The van der Waals surface area contributed by atoms with E-state index in [1.807, 2.05) is 30.3 Å². The Balaban J connectivity index is 1.65. The summed E-state index contributed by atoms with van der Waals surface area (Å²) in [4.78, 5) is 13.9. The zero-order valence-electron chi connectivity index (χ0n) is 14.3. The number of ether oxygens (including phenoxy) is 3. The van der Waals surface area contributed by atoms with E-state index in [1.54, 1.807) is 36.7 Å². The van der Waals surface area contributed by atoms with Crippen molar-refractivity contribution in [1.29, 1.82) is 0 Å². The largest absolute Gasteiger partial charge is 0.496 e. The second kappa shape index (κ2) is 6.69. The van der Waals surface area contributed by atoms with Gasteiger partial charge in [-0.05, 0) is 28.6 Å². The van der Waals surface area contributed by atoms with Crippen molar-refractivity contribution in [3.8, 4) is 27.7 Å². The normalized spacial score (nSPS) is 14.2. The van der Waals surface area contributed by atoms with Crippen molar-refractivity contribution in [3.05, 3.63) is 70.8 Å². The molecule has 5 heteroatoms. The summed E-state index contributed by atoms with van der Waals surface area (Å²) in [5, 5.41) is 2.05. The van der Waals surface area contributed by atoms with Crippen LogP contribution >= 0.6 is 11.3 Å². The van der Waals surface area contributed by atoms with Crippen LogP contribution in [0.15, 0.2) is 59.7 Å². The number of hydrogen-bond donors (Lipinski definition) is 0. The average Bonchev–Trinajstić information content (AvgIpc) is 3.31. The Bertz CT molecular complexity index is 986. The Morgan fingerprint density at radius 3 is 2.50 bits per heavy atom. The predicted octanol–water partition coefficient (Wildman–Crippen LogP) is 5.05. The molecule has 4 nitrogen and oxygen atoms in total. The van der Waals surface area contributed by atoms with E-state index in [0.29, 0.717) is 22.8 Å². The van der Waals surface area contributed by atoms with Crippen LogP contribution in [0.3, 0.4) is 0 Å². The molecule has 0 aliphatic carbocycles. The molecule has 0 N–H and O–H groups in total. The van der Waals surface area contributed by atoms with Crippen LogP contribution in [0, 0.1) is 0 Å². The monoisotopic (exact) mass is 364 g/mol. The fourth-order valence-electron chi connectivity index (χ4n) is 2.87. The molecule has 0 fully saturated rings. The quantitative estimate of drug-likeness (QED) is 0.608. The summed E-state index contributed by atoms with van der Waals surface area (Å²) in [7, 11) is 3.08. The zero-order chi connectivity index (χ0) is 18.1. The first kappa shape index (κ1) is 16.4. The lowest BCUT2D eigenvalue weighted by molar-refractivity contribution is 0.101. The van der Waals surface area contributed by atoms with Crippen LogP contribution in [0.4, 0.5) is 0 Å². The van der Waals surface area contributed by atoms with Gasteiger partial charge in [0.25, 0.3) is 0 Å². The number of allylic oxidation sites excluding steroid dienone is 1. The van der Waals surface area contributed by atoms with E-state index in [1.165, 1.54) is 12.0 Å². The van der Waals surface area contributed by atoms with Crippen LogP contribution in [-0.4, -0.2) is 20.0 Å². The van der Waals surface area contributed by atoms with Crippen molar-refractivity contribution < 1.29 is 19.0 Å². The Kier molecular flexibility index (Phi) is 4.22. The van der Waals surface area contributed by atoms with Gasteiger partial charge in [0.1, 0.15) is 22.8 Å². The zero-order valence-corrected chi connectivity index (χ0v) is 15.1. The van der Waals surface area contributed by atoms with Gasteiger partial charge in [0.15, 0.2) is 5.76 Å². The van der Waals surface area contributed by atoms with Crippen molar-refractivity contribution >= 4 is 23.2 Å². The molecule has 0 saturated heterocycles. The van der Waals surface area contributed by atoms with Gasteiger partial charge in [0.2, 0.25) is 5.78 Å². The van der Waals surface area contributed by atoms with E-state index in [9.17, 15) is 4.79 Å². The number of ketones is 1. The number of carbonyl (C=O) groups is 1. The summed E-state index contributed by atoms with van der Waals surface area (Å²) >= 11 is 1.69. The van der Waals surface area contributed by atoms with Gasteiger partial charge in [0.05, 0.1) is 14.2 Å². The minimum absolute atomic E-state index is 0.193. The molecule has 0 atom stereocenters. The van der Waals surface area contributed by atoms with E-state index in [4.69, 9.17) is 14.2 Å². The summed E-state index contributed by atoms with van der Waals surface area (Å²) < 4.78 is 16.3. The SMILES string of the molecule is COc1cc(OC)c2c(c1)O/C(=C\c1ccc(-c3cccs3)cc1)C2=O.